The van der Waals surface area contributed by atoms with E-state index in [9.17, 15) is 0 Å². The van der Waals surface area contributed by atoms with Gasteiger partial charge in [0.1, 0.15) is 5.65 Å². The number of hydrogen-bond acceptors (Lipinski definition) is 4. The zero-order valence-corrected chi connectivity index (χ0v) is 43.6. The van der Waals surface area contributed by atoms with Crippen molar-refractivity contribution in [2.24, 2.45) is 10.4 Å². The summed E-state index contributed by atoms with van der Waals surface area (Å²) in [5, 5.41) is 3.43. The maximum Gasteiger partial charge on any atom is 2.00 e. The van der Waals surface area contributed by atoms with Crippen molar-refractivity contribution in [2.45, 2.75) is 138 Å². The van der Waals surface area contributed by atoms with Gasteiger partial charge in [0, 0.05) is 33.5 Å². The molecule has 1 aliphatic carbocycles. The van der Waals surface area contributed by atoms with E-state index >= 15 is 0 Å². The molecule has 0 amide bonds. The number of hydrogen-bond donors (Lipinski definition) is 0. The molecule has 7 aromatic rings. The summed E-state index contributed by atoms with van der Waals surface area (Å²) in [6.07, 6.45) is 2.90. The van der Waals surface area contributed by atoms with Gasteiger partial charge in [-0.15, -0.1) is 40.6 Å². The first kappa shape index (κ1) is 44.7. The number of thioether (sulfide) groups is 1. The Morgan fingerprint density at radius 2 is 1.36 bits per heavy atom. The average Bonchev–Trinajstić information content (AvgIpc) is 3.75. The molecule has 64 heavy (non-hydrogen) atoms. The number of benzene rings is 5. The summed E-state index contributed by atoms with van der Waals surface area (Å²) < 4.78 is 9.25. The molecule has 0 N–H and O–H groups in total. The molecule has 5 aromatic carbocycles. The number of ether oxygens (including phenoxy) is 1. The largest absolute Gasteiger partial charge is 2.00 e. The number of aryl methyl sites for hydroxylation is 7. The second kappa shape index (κ2) is 14.5. The summed E-state index contributed by atoms with van der Waals surface area (Å²) >= 11 is 1.94. The van der Waals surface area contributed by atoms with Crippen LogP contribution in [-0.2, 0) is 43.1 Å². The van der Waals surface area contributed by atoms with E-state index in [4.69, 9.17) is 14.7 Å². The Balaban J connectivity index is 0.00000518. The van der Waals surface area contributed by atoms with Crippen molar-refractivity contribution in [1.82, 2.24) is 9.55 Å². The predicted molar refractivity (Wildman–Crippen MR) is 266 cm³/mol. The minimum absolute atomic E-state index is 0. The third-order valence-electron chi connectivity index (χ3n) is 14.8. The Morgan fingerprint density at radius 3 is 2.03 bits per heavy atom. The fourth-order valence-electron chi connectivity index (χ4n) is 11.7. The van der Waals surface area contributed by atoms with Gasteiger partial charge >= 0.3 is 21.1 Å². The van der Waals surface area contributed by atoms with Crippen molar-refractivity contribution in [1.29, 1.82) is 0 Å². The number of pyridine rings is 1. The van der Waals surface area contributed by atoms with Gasteiger partial charge in [-0.05, 0) is 139 Å². The third kappa shape index (κ3) is 6.40. The SMILES string of the molecule is Cc1cc(C)c(-c2cc(Oc3[c-]c4c(cc3C)C(C)(C)c3cc(C(C)(C)C)cc5c6cc(C)cnc6n-4c35)[c-]c(C3=N[C@]4(C)Cc5cc(C)c(C)cc5[C@]4(C(C)(C)C)S3)c2)c(C)c1.[Pt+2]. The van der Waals surface area contributed by atoms with Crippen LogP contribution >= 0.6 is 11.8 Å². The molecule has 2 atom stereocenters. The van der Waals surface area contributed by atoms with Crippen LogP contribution < -0.4 is 4.74 Å². The molecular formula is C58H61N3OPtS. The van der Waals surface area contributed by atoms with Crippen molar-refractivity contribution < 1.29 is 25.8 Å². The zero-order chi connectivity index (χ0) is 45.1. The van der Waals surface area contributed by atoms with Crippen LogP contribution in [0, 0.1) is 66.0 Å². The summed E-state index contributed by atoms with van der Waals surface area (Å²) in [6, 6.07) is 31.1. The van der Waals surface area contributed by atoms with Crippen LogP contribution in [0.15, 0.2) is 71.9 Å². The van der Waals surface area contributed by atoms with Crippen molar-refractivity contribution >= 4 is 38.7 Å². The van der Waals surface area contributed by atoms with Crippen LogP contribution in [0.2, 0.25) is 0 Å². The van der Waals surface area contributed by atoms with Crippen LogP contribution in [0.25, 0.3) is 38.8 Å². The van der Waals surface area contributed by atoms with Gasteiger partial charge in [0.05, 0.1) is 15.8 Å². The minimum Gasteiger partial charge on any atom is -0.503 e. The van der Waals surface area contributed by atoms with E-state index in [1.54, 1.807) is 0 Å². The molecule has 0 saturated heterocycles. The third-order valence-corrected chi connectivity index (χ3v) is 16.9. The standard InChI is InChI=1S/C58H61N3OS.Pt/c1-31-17-36(6)50(37(7)18-31)38-23-39(53-60-57(16)29-40-20-33(3)34(4)21-45(40)58(57,63-53)55(11,12)13)25-42(24-38)62-49-28-48-46(22-35(49)5)56(14,15)47-27-41(54(8,9)10)26-43-44-19-32(2)30-59-52(44)61(48)51(43)47;/h17-24,26-27,30H,29H2,1-16H3;/q-2;+2/t57-,58-;/m1./s1. The molecule has 0 bridgehead atoms. The molecule has 0 fully saturated rings. The van der Waals surface area contributed by atoms with Gasteiger partial charge in [0.15, 0.2) is 0 Å². The molecule has 6 heteroatoms. The first-order valence-electron chi connectivity index (χ1n) is 22.7. The molecule has 4 nitrogen and oxygen atoms in total. The van der Waals surface area contributed by atoms with E-state index in [1.807, 2.05) is 18.0 Å². The topological polar surface area (TPSA) is 39.4 Å². The van der Waals surface area contributed by atoms with E-state index in [2.05, 4.69) is 188 Å². The second-order valence-corrected chi connectivity index (χ2v) is 23.3. The van der Waals surface area contributed by atoms with Crippen molar-refractivity contribution in [3.63, 3.8) is 0 Å². The van der Waals surface area contributed by atoms with E-state index in [1.165, 1.54) is 77.5 Å². The van der Waals surface area contributed by atoms with Gasteiger partial charge in [0.2, 0.25) is 0 Å². The quantitative estimate of drug-likeness (QED) is 0.165. The smallest absolute Gasteiger partial charge is 0.503 e. The van der Waals surface area contributed by atoms with Crippen LogP contribution in [-0.4, -0.2) is 20.1 Å². The van der Waals surface area contributed by atoms with Gasteiger partial charge in [-0.1, -0.05) is 122 Å². The average molecular weight is 1040 g/mol. The van der Waals surface area contributed by atoms with Crippen LogP contribution in [0.4, 0.5) is 0 Å². The summed E-state index contributed by atoms with van der Waals surface area (Å²) in [4.78, 5) is 10.9. The molecule has 2 aromatic heterocycles. The van der Waals surface area contributed by atoms with Crippen molar-refractivity contribution in [3.8, 4) is 28.3 Å². The maximum absolute atomic E-state index is 7.15. The summed E-state index contributed by atoms with van der Waals surface area (Å²) in [5.74, 6) is 1.35. The molecule has 3 aliphatic rings. The predicted octanol–water partition coefficient (Wildman–Crippen LogP) is 15.1. The number of rotatable bonds is 4. The fourth-order valence-corrected chi connectivity index (χ4v) is 13.4. The van der Waals surface area contributed by atoms with E-state index < -0.39 is 0 Å². The Bertz CT molecular complexity index is 3170. The van der Waals surface area contributed by atoms with Gasteiger partial charge in [-0.3, -0.25) is 0 Å². The molecule has 0 radical (unpaired) electrons. The monoisotopic (exact) mass is 1040 g/mol. The van der Waals surface area contributed by atoms with Gasteiger partial charge in [-0.25, -0.2) is 4.98 Å². The van der Waals surface area contributed by atoms with Gasteiger partial charge < -0.3 is 14.3 Å². The van der Waals surface area contributed by atoms with Gasteiger partial charge in [-0.2, -0.15) is 6.07 Å². The molecule has 10 rings (SSSR count). The first-order valence-corrected chi connectivity index (χ1v) is 23.5. The van der Waals surface area contributed by atoms with E-state index in [-0.39, 0.29) is 47.6 Å². The van der Waals surface area contributed by atoms with E-state index in [0.29, 0.717) is 11.5 Å². The number of nitrogens with zero attached hydrogens (tertiary/aromatic N) is 3. The second-order valence-electron chi connectivity index (χ2n) is 22.1. The minimum atomic E-state index is -0.328. The molecule has 2 aliphatic heterocycles. The molecule has 0 saturated carbocycles. The van der Waals surface area contributed by atoms with Crippen molar-refractivity contribution in [2.75, 3.05) is 0 Å². The Labute approximate surface area is 400 Å². The Hall–Kier alpha value is -4.44. The van der Waals surface area contributed by atoms with Crippen LogP contribution in [0.3, 0.4) is 0 Å². The maximum atomic E-state index is 7.15. The summed E-state index contributed by atoms with van der Waals surface area (Å²) in [7, 11) is 0. The van der Waals surface area contributed by atoms with E-state index in [0.717, 1.165) is 45.1 Å². The summed E-state index contributed by atoms with van der Waals surface area (Å²) in [6.45, 7) is 36.6. The van der Waals surface area contributed by atoms with Crippen molar-refractivity contribution in [3.05, 3.63) is 151 Å². The first-order chi connectivity index (χ1) is 29.4. The molecular weight excluding hydrogens is 982 g/mol. The number of aliphatic imine (C=N–C) groups is 1. The molecule has 0 spiro atoms. The van der Waals surface area contributed by atoms with Gasteiger partial charge in [0.25, 0.3) is 0 Å². The fraction of sp³-hybridized carbons (Fsp3) is 0.379. The Morgan fingerprint density at radius 1 is 0.688 bits per heavy atom. The molecule has 330 valence electrons. The molecule has 0 unspecified atom stereocenters. The van der Waals surface area contributed by atoms with Crippen LogP contribution in [0.5, 0.6) is 11.5 Å². The normalized spacial score (nSPS) is 19.7. The van der Waals surface area contributed by atoms with Crippen LogP contribution in [0.1, 0.15) is 135 Å². The number of aromatic nitrogens is 2. The molecule has 4 heterocycles. The number of fused-ring (bicyclic) bond motifs is 8. The Kier molecular flexibility index (Phi) is 10.2. The zero-order valence-electron chi connectivity index (χ0n) is 40.5. The summed E-state index contributed by atoms with van der Waals surface area (Å²) in [5.41, 5.74) is 21.0.